The van der Waals surface area contributed by atoms with Crippen molar-refractivity contribution in [2.24, 2.45) is 5.92 Å². The molecular formula is C23H27N3O4. The fourth-order valence-corrected chi connectivity index (χ4v) is 4.18. The molecule has 7 heteroatoms. The minimum absolute atomic E-state index is 0.0336. The lowest BCUT2D eigenvalue weighted by Crippen LogP contribution is -2.45. The molecule has 0 aliphatic carbocycles. The largest absolute Gasteiger partial charge is 0.459 e. The molecule has 2 aromatic rings. The van der Waals surface area contributed by atoms with Gasteiger partial charge >= 0.3 is 0 Å². The van der Waals surface area contributed by atoms with Gasteiger partial charge in [-0.25, -0.2) is 0 Å². The van der Waals surface area contributed by atoms with Crippen LogP contribution in [0, 0.1) is 5.92 Å². The zero-order valence-corrected chi connectivity index (χ0v) is 17.0. The smallest absolute Gasteiger partial charge is 0.291 e. The van der Waals surface area contributed by atoms with E-state index in [2.05, 4.69) is 5.32 Å². The van der Waals surface area contributed by atoms with Crippen LogP contribution in [0.4, 0.5) is 5.69 Å². The predicted molar refractivity (Wildman–Crippen MR) is 112 cm³/mol. The Balaban J connectivity index is 1.29. The molecule has 0 radical (unpaired) electrons. The molecule has 3 amide bonds. The molecule has 0 bridgehead atoms. The summed E-state index contributed by atoms with van der Waals surface area (Å²) < 4.78 is 5.07. The first kappa shape index (κ1) is 20.2. The van der Waals surface area contributed by atoms with Crippen molar-refractivity contribution < 1.29 is 18.8 Å². The summed E-state index contributed by atoms with van der Waals surface area (Å²) in [7, 11) is 0. The molecule has 2 aliphatic heterocycles. The summed E-state index contributed by atoms with van der Waals surface area (Å²) in [5, 5.41) is 2.74. The minimum Gasteiger partial charge on any atom is -0.459 e. The van der Waals surface area contributed by atoms with Crippen LogP contribution < -0.4 is 5.32 Å². The lowest BCUT2D eigenvalue weighted by atomic mass is 9.94. The van der Waals surface area contributed by atoms with Crippen LogP contribution in [0.3, 0.4) is 0 Å². The number of nitrogens with one attached hydrogen (secondary N) is 1. The normalized spacial score (nSPS) is 17.6. The number of carbonyl (C=O) groups is 3. The monoisotopic (exact) mass is 409 g/mol. The van der Waals surface area contributed by atoms with Crippen LogP contribution in [0.1, 0.15) is 53.0 Å². The Morgan fingerprint density at radius 1 is 0.867 bits per heavy atom. The molecule has 2 fully saturated rings. The number of amides is 3. The summed E-state index contributed by atoms with van der Waals surface area (Å²) in [6.45, 7) is 2.95. The van der Waals surface area contributed by atoms with E-state index in [4.69, 9.17) is 4.42 Å². The van der Waals surface area contributed by atoms with Gasteiger partial charge in [-0.2, -0.15) is 0 Å². The van der Waals surface area contributed by atoms with Crippen LogP contribution in [0.15, 0.2) is 47.1 Å². The van der Waals surface area contributed by atoms with E-state index in [-0.39, 0.29) is 29.4 Å². The Hall–Kier alpha value is -3.09. The number of rotatable bonds is 4. The van der Waals surface area contributed by atoms with Crippen LogP contribution in [0.25, 0.3) is 0 Å². The van der Waals surface area contributed by atoms with E-state index in [0.29, 0.717) is 24.3 Å². The fourth-order valence-electron chi connectivity index (χ4n) is 4.18. The molecule has 0 saturated carbocycles. The standard InChI is InChI=1S/C23H27N3O4/c27-21(20-5-4-16-30-20)24-19-8-6-17(7-9-19)22(28)26-14-10-18(11-15-26)23(29)25-12-2-1-3-13-25/h4-9,16,18H,1-3,10-15H2,(H,24,27). The van der Waals surface area contributed by atoms with Crippen LogP contribution in [0.2, 0.25) is 0 Å². The number of piperidine rings is 2. The molecule has 1 aromatic heterocycles. The number of anilines is 1. The highest BCUT2D eigenvalue weighted by Gasteiger charge is 2.31. The molecule has 2 saturated heterocycles. The third-order valence-corrected chi connectivity index (χ3v) is 5.93. The highest BCUT2D eigenvalue weighted by molar-refractivity contribution is 6.02. The lowest BCUT2D eigenvalue weighted by molar-refractivity contribution is -0.137. The summed E-state index contributed by atoms with van der Waals surface area (Å²) in [5.41, 5.74) is 1.17. The maximum atomic E-state index is 12.8. The number of benzene rings is 1. The van der Waals surface area contributed by atoms with E-state index in [1.807, 2.05) is 9.80 Å². The van der Waals surface area contributed by atoms with Crippen LogP contribution in [-0.4, -0.2) is 53.7 Å². The van der Waals surface area contributed by atoms with Gasteiger partial charge in [0.25, 0.3) is 11.8 Å². The van der Waals surface area contributed by atoms with Gasteiger partial charge in [-0.05, 0) is 68.5 Å². The number of nitrogens with zero attached hydrogens (tertiary/aromatic N) is 2. The highest BCUT2D eigenvalue weighted by atomic mass is 16.3. The summed E-state index contributed by atoms with van der Waals surface area (Å²) in [5.74, 6) is 0.157. The van der Waals surface area contributed by atoms with Gasteiger partial charge in [-0.1, -0.05) is 0 Å². The molecule has 0 atom stereocenters. The average Bonchev–Trinajstić information content (AvgIpc) is 3.35. The molecule has 3 heterocycles. The maximum absolute atomic E-state index is 12.8. The van der Waals surface area contributed by atoms with E-state index >= 15 is 0 Å². The summed E-state index contributed by atoms with van der Waals surface area (Å²) in [6, 6.07) is 10.1. The topological polar surface area (TPSA) is 82.9 Å². The second kappa shape index (κ2) is 9.15. The first-order chi connectivity index (χ1) is 14.6. The molecule has 158 valence electrons. The van der Waals surface area contributed by atoms with Gasteiger partial charge in [-0.15, -0.1) is 0 Å². The quantitative estimate of drug-likeness (QED) is 0.839. The summed E-state index contributed by atoms with van der Waals surface area (Å²) in [6.07, 6.45) is 6.29. The number of hydrogen-bond acceptors (Lipinski definition) is 4. The Morgan fingerprint density at radius 3 is 2.20 bits per heavy atom. The van der Waals surface area contributed by atoms with Gasteiger partial charge in [0.05, 0.1) is 6.26 Å². The zero-order valence-electron chi connectivity index (χ0n) is 17.0. The van der Waals surface area contributed by atoms with E-state index in [0.717, 1.165) is 38.8 Å². The van der Waals surface area contributed by atoms with Crippen LogP contribution in [0.5, 0.6) is 0 Å². The Bertz CT molecular complexity index is 878. The fraction of sp³-hybridized carbons (Fsp3) is 0.435. The van der Waals surface area contributed by atoms with Crippen molar-refractivity contribution >= 4 is 23.4 Å². The van der Waals surface area contributed by atoms with Gasteiger partial charge in [0.2, 0.25) is 5.91 Å². The van der Waals surface area contributed by atoms with E-state index in [9.17, 15) is 14.4 Å². The number of hydrogen-bond donors (Lipinski definition) is 1. The molecule has 0 spiro atoms. The Kier molecular flexibility index (Phi) is 6.16. The second-order valence-corrected chi connectivity index (χ2v) is 7.96. The van der Waals surface area contributed by atoms with Crippen molar-refractivity contribution in [3.05, 3.63) is 54.0 Å². The molecule has 4 rings (SSSR count). The third kappa shape index (κ3) is 4.56. The molecule has 1 N–H and O–H groups in total. The zero-order chi connectivity index (χ0) is 20.9. The van der Waals surface area contributed by atoms with E-state index in [1.54, 1.807) is 36.4 Å². The molecular weight excluding hydrogens is 382 g/mol. The predicted octanol–water partition coefficient (Wildman–Crippen LogP) is 3.40. The number of carbonyl (C=O) groups excluding carboxylic acids is 3. The second-order valence-electron chi connectivity index (χ2n) is 7.96. The molecule has 7 nitrogen and oxygen atoms in total. The maximum Gasteiger partial charge on any atom is 0.291 e. The SMILES string of the molecule is O=C(Nc1ccc(C(=O)N2CCC(C(=O)N3CCCCC3)CC2)cc1)c1ccco1. The molecule has 1 aromatic carbocycles. The highest BCUT2D eigenvalue weighted by Crippen LogP contribution is 2.23. The summed E-state index contributed by atoms with van der Waals surface area (Å²) >= 11 is 0. The lowest BCUT2D eigenvalue weighted by Gasteiger charge is -2.35. The average molecular weight is 409 g/mol. The van der Waals surface area contributed by atoms with Gasteiger partial charge in [0, 0.05) is 43.3 Å². The first-order valence-electron chi connectivity index (χ1n) is 10.6. The van der Waals surface area contributed by atoms with Crippen LogP contribution in [-0.2, 0) is 4.79 Å². The van der Waals surface area contributed by atoms with Crippen molar-refractivity contribution in [2.45, 2.75) is 32.1 Å². The Labute approximate surface area is 176 Å². The van der Waals surface area contributed by atoms with Crippen molar-refractivity contribution in [1.29, 1.82) is 0 Å². The van der Waals surface area contributed by atoms with Crippen molar-refractivity contribution in [1.82, 2.24) is 9.80 Å². The van der Waals surface area contributed by atoms with Gasteiger partial charge < -0.3 is 19.5 Å². The van der Waals surface area contributed by atoms with E-state index < -0.39 is 0 Å². The van der Waals surface area contributed by atoms with Crippen molar-refractivity contribution in [3.8, 4) is 0 Å². The minimum atomic E-state index is -0.334. The Morgan fingerprint density at radius 2 is 1.57 bits per heavy atom. The third-order valence-electron chi connectivity index (χ3n) is 5.93. The molecule has 2 aliphatic rings. The first-order valence-corrected chi connectivity index (χ1v) is 10.6. The van der Waals surface area contributed by atoms with Crippen molar-refractivity contribution in [2.75, 3.05) is 31.5 Å². The van der Waals surface area contributed by atoms with Crippen molar-refractivity contribution in [3.63, 3.8) is 0 Å². The van der Waals surface area contributed by atoms with Gasteiger partial charge in [-0.3, -0.25) is 14.4 Å². The van der Waals surface area contributed by atoms with Gasteiger partial charge in [0.15, 0.2) is 5.76 Å². The molecule has 30 heavy (non-hydrogen) atoms. The molecule has 0 unspecified atom stereocenters. The number of furan rings is 1. The summed E-state index contributed by atoms with van der Waals surface area (Å²) in [4.78, 5) is 41.4. The van der Waals surface area contributed by atoms with E-state index in [1.165, 1.54) is 12.7 Å². The van der Waals surface area contributed by atoms with Gasteiger partial charge in [0.1, 0.15) is 0 Å². The number of likely N-dealkylation sites (tertiary alicyclic amines) is 2. The van der Waals surface area contributed by atoms with Crippen LogP contribution >= 0.6 is 0 Å².